The summed E-state index contributed by atoms with van der Waals surface area (Å²) in [5.41, 5.74) is 0. The fourth-order valence-corrected chi connectivity index (χ4v) is 9.42. The number of likely N-dealkylation sites (tertiary alicyclic amines) is 1. The molecule has 0 spiro atoms. The van der Waals surface area contributed by atoms with E-state index in [1.807, 2.05) is 6.92 Å². The van der Waals surface area contributed by atoms with E-state index in [9.17, 15) is 76.6 Å². The van der Waals surface area contributed by atoms with Crippen LogP contribution in [-0.2, 0) is 0 Å². The molecule has 7 heterocycles. The van der Waals surface area contributed by atoms with Crippen LogP contribution < -0.4 is 31.9 Å². The van der Waals surface area contributed by atoms with Gasteiger partial charge in [-0.2, -0.15) is 0 Å². The average Bonchev–Trinajstić information content (AvgIpc) is 3.44. The fourth-order valence-electron chi connectivity index (χ4n) is 9.42. The molecule has 80 heavy (non-hydrogen) atoms. The molecule has 0 bridgehead atoms. The van der Waals surface area contributed by atoms with Gasteiger partial charge in [0.1, 0.15) is 36.6 Å². The predicted octanol–water partition coefficient (Wildman–Crippen LogP) is -17.0. The number of nitrogens with one attached hydrogen (secondary N) is 6. The Balaban J connectivity index is 0.000000467. The van der Waals surface area contributed by atoms with Crippen molar-refractivity contribution in [3.8, 4) is 0 Å². The number of likely N-dealkylation sites (N-methyl/N-ethyl adjacent to an activating group) is 1. The summed E-state index contributed by atoms with van der Waals surface area (Å²) in [6.07, 6.45) is -18.7. The molecule has 0 amide bonds. The van der Waals surface area contributed by atoms with Crippen LogP contribution in [0.2, 0.25) is 0 Å². The van der Waals surface area contributed by atoms with E-state index in [0.29, 0.717) is 19.5 Å². The summed E-state index contributed by atoms with van der Waals surface area (Å²) in [4.78, 5) is 1.63. The van der Waals surface area contributed by atoms with Gasteiger partial charge in [-0.25, -0.2) is 0 Å². The average molecular weight is 1180 g/mol. The smallest absolute Gasteiger partial charge is 0.109 e. The van der Waals surface area contributed by atoms with E-state index in [4.69, 9.17) is 56.2 Å². The second-order valence-electron chi connectivity index (χ2n) is 21.4. The van der Waals surface area contributed by atoms with Gasteiger partial charge >= 0.3 is 0 Å². The van der Waals surface area contributed by atoms with Crippen LogP contribution in [0.5, 0.6) is 0 Å². The summed E-state index contributed by atoms with van der Waals surface area (Å²) >= 11 is 0. The van der Waals surface area contributed by atoms with E-state index in [1.165, 1.54) is 0 Å². The topological polar surface area (TPSA) is 601 Å². The number of piperidine rings is 7. The van der Waals surface area contributed by atoms with Crippen LogP contribution in [0.25, 0.3) is 0 Å². The molecule has 7 fully saturated rings. The molecule has 7 rings (SSSR count). The van der Waals surface area contributed by atoms with Crippen LogP contribution in [-0.4, -0.2) is 394 Å². The minimum Gasteiger partial charge on any atom is -0.395 e. The first-order valence-corrected chi connectivity index (χ1v) is 26.8. The molecule has 7 aliphatic heterocycles. The quantitative estimate of drug-likeness (QED) is 0.113. The Morgan fingerprint density at radius 1 is 0.312 bits per heavy atom. The number of β-amino-alcohol motifs (C(OH)–C–C–N with tert-alkyl or cyclic N) is 2. The molecule has 13 unspecified atom stereocenters. The van der Waals surface area contributed by atoms with Crippen LogP contribution in [0.15, 0.2) is 0 Å². The van der Waals surface area contributed by atoms with E-state index < -0.39 is 146 Å². The lowest BCUT2D eigenvalue weighted by atomic mass is 9.91. The van der Waals surface area contributed by atoms with Gasteiger partial charge in [-0.15, -0.1) is 0 Å². The van der Waals surface area contributed by atoms with Crippen molar-refractivity contribution in [1.82, 2.24) is 36.8 Å². The van der Waals surface area contributed by atoms with Crippen molar-refractivity contribution < 1.29 is 133 Å². The Labute approximate surface area is 464 Å². The van der Waals surface area contributed by atoms with E-state index in [-0.39, 0.29) is 95.5 Å². The standard InChI is InChI=1S/4C7H15NO4.C7H15NO3.C6H13NO4.C6H13NO3/c1-8-2-5(10)7(12)6(11)4(8)3-9;3*1-3-5(10)7(12)6(11)4(2-9)8-3;1-4-2-8-5(3-9)7(11)6(4)10;8-2-3-5(10)6(11)4(9)1-7-3;8-3-4-6(10)5(9)1-2-7-4/h4-7,9-12H,2-3H2,1H3;3*3-12H,2H2,1H3;4-11H,2-3H2,1H3;3-11H,1-2H2;4-10H,1-3H2/t4?,5?,6-,7-;3-,4?,5?,6+,7+;3-,4?,5?,6-,7+;3-,4?,5?,6-,7-;4?,5?,6-,7-;3?,4?,5-,6+;4?,5-,6-/m0111010/s1. The van der Waals surface area contributed by atoms with E-state index in [0.717, 1.165) is 0 Å². The monoisotopic (exact) mass is 1180 g/mol. The van der Waals surface area contributed by atoms with Crippen molar-refractivity contribution in [2.45, 2.75) is 211 Å². The van der Waals surface area contributed by atoms with Gasteiger partial charge in [0, 0.05) is 37.8 Å². The number of aliphatic hydroxyl groups excluding tert-OH is 26. The summed E-state index contributed by atoms with van der Waals surface area (Å²) < 4.78 is 0. The molecule has 0 aromatic rings. The van der Waals surface area contributed by atoms with Gasteiger partial charge in [0.05, 0.1) is 168 Å². The fraction of sp³-hybridized carbons (Fsp3) is 1.00. The minimum atomic E-state index is -1.18. The van der Waals surface area contributed by atoms with Gasteiger partial charge in [0.2, 0.25) is 0 Å². The third-order valence-electron chi connectivity index (χ3n) is 15.3. The van der Waals surface area contributed by atoms with Crippen molar-refractivity contribution in [2.24, 2.45) is 5.92 Å². The molecular formula is C47H101N7O26. The second-order valence-corrected chi connectivity index (χ2v) is 21.4. The minimum absolute atomic E-state index is 0.0489. The number of hydrogen-bond acceptors (Lipinski definition) is 33. The summed E-state index contributed by atoms with van der Waals surface area (Å²) in [5.74, 6) is 0.0489. The molecule has 0 radical (unpaired) electrons. The molecule has 0 aliphatic carbocycles. The molecule has 32 N–H and O–H groups in total. The lowest BCUT2D eigenvalue weighted by molar-refractivity contribution is -0.138. The van der Waals surface area contributed by atoms with Crippen LogP contribution in [0.4, 0.5) is 0 Å². The Morgan fingerprint density at radius 2 is 0.637 bits per heavy atom. The maximum atomic E-state index is 9.37. The third kappa shape index (κ3) is 22.2. The molecule has 33 nitrogen and oxygen atoms in total. The van der Waals surface area contributed by atoms with E-state index >= 15 is 0 Å². The highest BCUT2D eigenvalue weighted by atomic mass is 16.4. The molecule has 0 aromatic heterocycles. The normalized spacial score (nSPS) is 46.7. The van der Waals surface area contributed by atoms with Gasteiger partial charge in [-0.3, -0.25) is 4.90 Å². The van der Waals surface area contributed by atoms with Crippen LogP contribution in [0.3, 0.4) is 0 Å². The van der Waals surface area contributed by atoms with Gasteiger partial charge in [-0.1, -0.05) is 6.92 Å². The van der Waals surface area contributed by atoms with Gasteiger partial charge < -0.3 is 165 Å². The molecule has 0 saturated carbocycles. The number of nitrogens with zero attached hydrogens (tertiary/aromatic N) is 1. The van der Waals surface area contributed by atoms with Crippen LogP contribution in [0.1, 0.15) is 34.1 Å². The highest BCUT2D eigenvalue weighted by Gasteiger charge is 2.43. The van der Waals surface area contributed by atoms with Crippen molar-refractivity contribution in [2.75, 3.05) is 79.5 Å². The van der Waals surface area contributed by atoms with E-state index in [2.05, 4.69) is 31.9 Å². The highest BCUT2D eigenvalue weighted by molar-refractivity contribution is 4.99. The van der Waals surface area contributed by atoms with Crippen molar-refractivity contribution in [1.29, 1.82) is 0 Å². The number of rotatable bonds is 7. The summed E-state index contributed by atoms with van der Waals surface area (Å²) in [6, 6.07) is -4.38. The Bertz CT molecular complexity index is 1480. The van der Waals surface area contributed by atoms with Gasteiger partial charge in [0.25, 0.3) is 0 Å². The molecular weight excluding hydrogens is 1080 g/mol. The molecule has 480 valence electrons. The van der Waals surface area contributed by atoms with Crippen LogP contribution >= 0.6 is 0 Å². The Morgan fingerprint density at radius 3 is 0.988 bits per heavy atom. The maximum absolute atomic E-state index is 9.37. The van der Waals surface area contributed by atoms with E-state index in [1.54, 1.807) is 32.7 Å². The first-order valence-electron chi connectivity index (χ1n) is 26.8. The zero-order valence-corrected chi connectivity index (χ0v) is 45.9. The Hall–Kier alpha value is -1.32. The number of hydrogen-bond donors (Lipinski definition) is 32. The maximum Gasteiger partial charge on any atom is 0.109 e. The zero-order valence-electron chi connectivity index (χ0n) is 45.9. The van der Waals surface area contributed by atoms with Crippen molar-refractivity contribution in [3.63, 3.8) is 0 Å². The van der Waals surface area contributed by atoms with Gasteiger partial charge in [0.15, 0.2) is 0 Å². The SMILES string of the molecule is CC1CNC(CO)[C@H](O)[C@H]1O.CN1CC(O)[C@H](O)[C@@H](O)C1CO.C[C@H]1NC(CO)[C@@H](O)[C@@H](O)C1O.C[C@H]1NC(CO)[C@@H](O)[C@H](O)C1O.C[C@H]1NC(CO)[C@H](O)[C@@H](O)C1O.OCC1NCC(O)[C@H](O)[C@@H]1O.OCC1NCC[C@H](O)[C@H]1O. The second kappa shape index (κ2) is 38.0. The summed E-state index contributed by atoms with van der Waals surface area (Å²) in [7, 11) is 1.68. The summed E-state index contributed by atoms with van der Waals surface area (Å²) in [5, 5.41) is 254. The predicted molar refractivity (Wildman–Crippen MR) is 278 cm³/mol. The third-order valence-corrected chi connectivity index (χ3v) is 15.3. The lowest BCUT2D eigenvalue weighted by Crippen LogP contribution is -2.64. The zero-order chi connectivity index (χ0) is 61.6. The first kappa shape index (κ1) is 76.7. The summed E-state index contributed by atoms with van der Waals surface area (Å²) in [6.45, 7) is 7.18. The van der Waals surface area contributed by atoms with Crippen molar-refractivity contribution >= 4 is 0 Å². The first-order chi connectivity index (χ1) is 37.4. The molecule has 7 saturated heterocycles. The molecule has 33 heteroatoms. The molecule has 30 atom stereocenters. The number of aliphatic hydroxyl groups is 26. The lowest BCUT2D eigenvalue weighted by Gasteiger charge is -2.40. The van der Waals surface area contributed by atoms with Gasteiger partial charge in [-0.05, 0) is 46.7 Å². The van der Waals surface area contributed by atoms with Crippen molar-refractivity contribution in [3.05, 3.63) is 0 Å². The Kier molecular flexibility index (Phi) is 36.4. The highest BCUT2D eigenvalue weighted by Crippen LogP contribution is 2.20. The van der Waals surface area contributed by atoms with Crippen LogP contribution in [0, 0.1) is 5.92 Å². The molecule has 0 aromatic carbocycles. The molecule has 7 aliphatic rings. The largest absolute Gasteiger partial charge is 0.395 e.